The molecular formula is C43H41N5O7S. The second-order valence-electron chi connectivity index (χ2n) is 14.4. The van der Waals surface area contributed by atoms with Gasteiger partial charge in [-0.1, -0.05) is 67.1 Å². The first-order valence-corrected chi connectivity index (χ1v) is 20.3. The van der Waals surface area contributed by atoms with E-state index < -0.39 is 31.4 Å². The SMILES string of the molecule is O=C(NS(=O)(=O)c1ccc(NCC2CCOCC2)c([N+](=O)[O-])c1)c1ccc(-c2ccc(C3CCCC3c3ccccc3)cc2)cc1Oc1cnc2[nH]ccc2c1. The summed E-state index contributed by atoms with van der Waals surface area (Å²) in [6, 6.07) is 31.2. The average molecular weight is 772 g/mol. The number of hydrogen-bond acceptors (Lipinski definition) is 9. The van der Waals surface area contributed by atoms with E-state index in [1.54, 1.807) is 24.4 Å². The van der Waals surface area contributed by atoms with E-state index in [1.165, 1.54) is 41.9 Å². The number of ether oxygens (including phenoxy) is 2. The third-order valence-corrected chi connectivity index (χ3v) is 12.2. The van der Waals surface area contributed by atoms with E-state index in [4.69, 9.17) is 9.47 Å². The lowest BCUT2D eigenvalue weighted by Gasteiger charge is -2.22. The predicted octanol–water partition coefficient (Wildman–Crippen LogP) is 8.94. The number of nitro benzene ring substituents is 1. The Morgan fingerprint density at radius 1 is 0.875 bits per heavy atom. The van der Waals surface area contributed by atoms with Crippen LogP contribution in [0.15, 0.2) is 120 Å². The van der Waals surface area contributed by atoms with Gasteiger partial charge < -0.3 is 19.8 Å². The van der Waals surface area contributed by atoms with Gasteiger partial charge in [-0.2, -0.15) is 0 Å². The summed E-state index contributed by atoms with van der Waals surface area (Å²) in [6.07, 6.45) is 8.36. The number of anilines is 1. The number of pyridine rings is 1. The van der Waals surface area contributed by atoms with Crippen molar-refractivity contribution in [1.29, 1.82) is 0 Å². The molecule has 2 aliphatic rings. The molecule has 12 nitrogen and oxygen atoms in total. The molecule has 13 heteroatoms. The van der Waals surface area contributed by atoms with E-state index in [0.717, 1.165) is 48.3 Å². The van der Waals surface area contributed by atoms with Gasteiger partial charge in [-0.05, 0) is 102 Å². The molecule has 0 radical (unpaired) electrons. The molecule has 4 aromatic carbocycles. The van der Waals surface area contributed by atoms with Crippen LogP contribution in [0.25, 0.3) is 22.2 Å². The molecular weight excluding hydrogens is 731 g/mol. The van der Waals surface area contributed by atoms with Crippen molar-refractivity contribution in [3.8, 4) is 22.6 Å². The van der Waals surface area contributed by atoms with Gasteiger partial charge in [-0.15, -0.1) is 0 Å². The van der Waals surface area contributed by atoms with Gasteiger partial charge in [0.25, 0.3) is 21.6 Å². The number of fused-ring (bicyclic) bond motifs is 1. The zero-order valence-corrected chi connectivity index (χ0v) is 31.3. The van der Waals surface area contributed by atoms with Crippen LogP contribution in [-0.4, -0.2) is 49.0 Å². The first-order valence-electron chi connectivity index (χ1n) is 18.8. The van der Waals surface area contributed by atoms with Crippen LogP contribution in [-0.2, 0) is 14.8 Å². The van der Waals surface area contributed by atoms with E-state index in [-0.39, 0.29) is 22.9 Å². The summed E-state index contributed by atoms with van der Waals surface area (Å²) in [5.41, 5.74) is 4.66. The van der Waals surface area contributed by atoms with Crippen molar-refractivity contribution < 1.29 is 27.6 Å². The Morgan fingerprint density at radius 2 is 1.61 bits per heavy atom. The van der Waals surface area contributed by atoms with Crippen molar-refractivity contribution in [2.24, 2.45) is 5.92 Å². The number of sulfonamides is 1. The summed E-state index contributed by atoms with van der Waals surface area (Å²) in [7, 11) is -4.55. The maximum absolute atomic E-state index is 13.8. The lowest BCUT2D eigenvalue weighted by Crippen LogP contribution is -2.31. The molecule has 3 N–H and O–H groups in total. The smallest absolute Gasteiger partial charge is 0.293 e. The number of H-pyrrole nitrogens is 1. The van der Waals surface area contributed by atoms with Gasteiger partial charge in [0.05, 0.1) is 21.6 Å². The van der Waals surface area contributed by atoms with Crippen molar-refractivity contribution >= 4 is 38.3 Å². The van der Waals surface area contributed by atoms with E-state index >= 15 is 0 Å². The number of aromatic amines is 1. The third kappa shape index (κ3) is 8.00. The normalized spacial score (nSPS) is 17.4. The second-order valence-corrected chi connectivity index (χ2v) is 16.1. The Kier molecular flexibility index (Phi) is 10.5. The van der Waals surface area contributed by atoms with Crippen molar-refractivity contribution in [2.45, 2.75) is 48.8 Å². The number of amides is 1. The highest BCUT2D eigenvalue weighted by Crippen LogP contribution is 2.46. The number of hydrogen-bond donors (Lipinski definition) is 3. The fourth-order valence-corrected chi connectivity index (χ4v) is 8.86. The van der Waals surface area contributed by atoms with Crippen molar-refractivity contribution in [2.75, 3.05) is 25.1 Å². The van der Waals surface area contributed by atoms with E-state index in [9.17, 15) is 23.3 Å². The molecule has 2 atom stereocenters. The van der Waals surface area contributed by atoms with Crippen LogP contribution in [0.1, 0.15) is 65.4 Å². The summed E-state index contributed by atoms with van der Waals surface area (Å²) in [5, 5.41) is 15.9. The molecule has 1 amide bonds. The van der Waals surface area contributed by atoms with Crippen LogP contribution in [0.5, 0.6) is 11.5 Å². The van der Waals surface area contributed by atoms with Crippen LogP contribution < -0.4 is 14.8 Å². The maximum Gasteiger partial charge on any atom is 0.293 e. The lowest BCUT2D eigenvalue weighted by molar-refractivity contribution is -0.384. The molecule has 0 spiro atoms. The van der Waals surface area contributed by atoms with Crippen molar-refractivity contribution in [3.05, 3.63) is 142 Å². The molecule has 1 aliphatic heterocycles. The standard InChI is InChI=1S/C43H41N5O7S/c49-43(47-56(52,53)35-14-16-39(40(25-35)48(50)51)45-26-28-18-21-54-22-19-28)38-15-13-32(24-41(38)55-34-23-33-17-20-44-42(33)46-27-34)29-9-11-31(12-10-29)37-8-4-7-36(37)30-5-2-1-3-6-30/h1-3,5-6,9-17,20,23-25,27-28,36-37,45H,4,7-8,18-19,21-22,26H2,(H,44,46)(H,47,49). The quantitative estimate of drug-likeness (QED) is 0.0813. The predicted molar refractivity (Wildman–Crippen MR) is 214 cm³/mol. The second kappa shape index (κ2) is 16.0. The van der Waals surface area contributed by atoms with Gasteiger partial charge in [-0.25, -0.2) is 18.1 Å². The van der Waals surface area contributed by atoms with E-state index in [0.29, 0.717) is 43.0 Å². The minimum atomic E-state index is -4.55. The molecule has 1 aliphatic carbocycles. The van der Waals surface area contributed by atoms with Gasteiger partial charge in [0.15, 0.2) is 0 Å². The number of nitrogens with one attached hydrogen (secondary N) is 3. The fourth-order valence-electron chi connectivity index (χ4n) is 7.88. The zero-order valence-electron chi connectivity index (χ0n) is 30.5. The molecule has 2 unspecified atom stereocenters. The molecule has 2 aromatic heterocycles. The topological polar surface area (TPSA) is 166 Å². The molecule has 286 valence electrons. The highest BCUT2D eigenvalue weighted by atomic mass is 32.2. The van der Waals surface area contributed by atoms with Crippen molar-refractivity contribution in [1.82, 2.24) is 14.7 Å². The Balaban J connectivity index is 1.06. The van der Waals surface area contributed by atoms with E-state index in [2.05, 4.69) is 68.5 Å². The molecule has 56 heavy (non-hydrogen) atoms. The van der Waals surface area contributed by atoms with Crippen LogP contribution >= 0.6 is 0 Å². The summed E-state index contributed by atoms with van der Waals surface area (Å²) < 4.78 is 40.9. The van der Waals surface area contributed by atoms with Gasteiger partial charge in [0, 0.05) is 37.4 Å². The van der Waals surface area contributed by atoms with Crippen molar-refractivity contribution in [3.63, 3.8) is 0 Å². The van der Waals surface area contributed by atoms with Crippen LogP contribution in [0.3, 0.4) is 0 Å². The zero-order chi connectivity index (χ0) is 38.6. The molecule has 3 heterocycles. The van der Waals surface area contributed by atoms with Gasteiger partial charge >= 0.3 is 0 Å². The monoisotopic (exact) mass is 771 g/mol. The first-order chi connectivity index (χ1) is 27.2. The number of benzene rings is 4. The first kappa shape index (κ1) is 36.9. The molecule has 1 saturated heterocycles. The van der Waals surface area contributed by atoms with Gasteiger partial charge in [0.2, 0.25) is 0 Å². The molecule has 1 saturated carbocycles. The molecule has 0 bridgehead atoms. The number of nitrogens with zero attached hydrogens (tertiary/aromatic N) is 2. The van der Waals surface area contributed by atoms with Crippen LogP contribution in [0, 0.1) is 16.0 Å². The third-order valence-electron chi connectivity index (χ3n) is 10.9. The minimum absolute atomic E-state index is 0.0518. The minimum Gasteiger partial charge on any atom is -0.455 e. The highest BCUT2D eigenvalue weighted by molar-refractivity contribution is 7.90. The fraction of sp³-hybridized carbons (Fsp3) is 0.256. The maximum atomic E-state index is 13.8. The Labute approximate surface area is 324 Å². The summed E-state index contributed by atoms with van der Waals surface area (Å²) in [4.78, 5) is 32.2. The number of carbonyl (C=O) groups is 1. The molecule has 2 fully saturated rings. The Morgan fingerprint density at radius 3 is 2.36 bits per heavy atom. The largest absolute Gasteiger partial charge is 0.455 e. The number of aromatic nitrogens is 2. The van der Waals surface area contributed by atoms with Crippen LogP contribution in [0.4, 0.5) is 11.4 Å². The van der Waals surface area contributed by atoms with Crippen LogP contribution in [0.2, 0.25) is 0 Å². The highest BCUT2D eigenvalue weighted by Gasteiger charge is 2.30. The van der Waals surface area contributed by atoms with E-state index in [1.807, 2.05) is 12.1 Å². The average Bonchev–Trinajstić information content (AvgIpc) is 3.91. The van der Waals surface area contributed by atoms with Gasteiger partial charge in [0.1, 0.15) is 22.8 Å². The summed E-state index contributed by atoms with van der Waals surface area (Å²) in [6.45, 7) is 1.74. The number of nitro groups is 1. The summed E-state index contributed by atoms with van der Waals surface area (Å²) in [5.74, 6) is 0.641. The van der Waals surface area contributed by atoms with Gasteiger partial charge in [-0.3, -0.25) is 14.9 Å². The number of rotatable bonds is 12. The molecule has 6 aromatic rings. The summed E-state index contributed by atoms with van der Waals surface area (Å²) >= 11 is 0. The Hall–Kier alpha value is -6.05. The lowest BCUT2D eigenvalue weighted by atomic mass is 9.83. The molecule has 8 rings (SSSR count). The number of carbonyl (C=O) groups excluding carboxylic acids is 1. The Bertz CT molecular complexity index is 2480.